The van der Waals surface area contributed by atoms with E-state index < -0.39 is 5.97 Å². The lowest BCUT2D eigenvalue weighted by Gasteiger charge is -2.10. The van der Waals surface area contributed by atoms with Crippen molar-refractivity contribution in [2.75, 3.05) is 11.9 Å². The van der Waals surface area contributed by atoms with Gasteiger partial charge in [-0.2, -0.15) is 0 Å². The summed E-state index contributed by atoms with van der Waals surface area (Å²) in [7, 11) is 0. The molecule has 5 nitrogen and oxygen atoms in total. The highest BCUT2D eigenvalue weighted by atomic mass is 16.5. The number of hydrogen-bond acceptors (Lipinski definition) is 3. The Labute approximate surface area is 112 Å². The van der Waals surface area contributed by atoms with Crippen LogP contribution >= 0.6 is 0 Å². The first kappa shape index (κ1) is 15.2. The van der Waals surface area contributed by atoms with Gasteiger partial charge in [-0.25, -0.2) is 0 Å². The summed E-state index contributed by atoms with van der Waals surface area (Å²) < 4.78 is 5.33. The van der Waals surface area contributed by atoms with E-state index in [0.29, 0.717) is 19.6 Å². The van der Waals surface area contributed by atoms with Crippen molar-refractivity contribution < 1.29 is 19.4 Å². The standard InChI is InChI=1S/C14H19NO4/c1-2-19-10-11-6-3-4-7-12(11)15-13(16)8-5-9-14(17)18/h3-4,6-7H,2,5,8-10H2,1H3,(H,15,16)(H,17,18). The fraction of sp³-hybridized carbons (Fsp3) is 0.429. The Morgan fingerprint density at radius 2 is 2.00 bits per heavy atom. The van der Waals surface area contributed by atoms with Crippen LogP contribution in [0.2, 0.25) is 0 Å². The normalized spacial score (nSPS) is 10.2. The van der Waals surface area contributed by atoms with Crippen LogP contribution in [0.25, 0.3) is 0 Å². The number of amides is 1. The zero-order chi connectivity index (χ0) is 14.1. The van der Waals surface area contributed by atoms with Gasteiger partial charge in [-0.1, -0.05) is 18.2 Å². The van der Waals surface area contributed by atoms with Crippen LogP contribution in [0.5, 0.6) is 0 Å². The van der Waals surface area contributed by atoms with Gasteiger partial charge in [0, 0.05) is 30.7 Å². The van der Waals surface area contributed by atoms with Crippen molar-refractivity contribution in [1.29, 1.82) is 0 Å². The molecule has 0 aliphatic carbocycles. The first-order valence-corrected chi connectivity index (χ1v) is 6.30. The van der Waals surface area contributed by atoms with Gasteiger partial charge in [0.15, 0.2) is 0 Å². The van der Waals surface area contributed by atoms with E-state index in [9.17, 15) is 9.59 Å². The number of carboxylic acid groups (broad SMARTS) is 1. The summed E-state index contributed by atoms with van der Waals surface area (Å²) in [5.41, 5.74) is 1.63. The molecule has 0 spiro atoms. The predicted molar refractivity (Wildman–Crippen MR) is 71.9 cm³/mol. The maximum atomic E-state index is 11.7. The molecule has 19 heavy (non-hydrogen) atoms. The second-order valence-corrected chi connectivity index (χ2v) is 4.09. The number of carboxylic acids is 1. The van der Waals surface area contributed by atoms with Crippen molar-refractivity contribution >= 4 is 17.6 Å². The molecule has 0 saturated carbocycles. The second kappa shape index (κ2) is 8.26. The van der Waals surface area contributed by atoms with E-state index in [1.165, 1.54) is 0 Å². The van der Waals surface area contributed by atoms with Crippen LogP contribution < -0.4 is 5.32 Å². The van der Waals surface area contributed by atoms with Crippen LogP contribution in [0.15, 0.2) is 24.3 Å². The molecule has 0 saturated heterocycles. The number of carbonyl (C=O) groups excluding carboxylic acids is 1. The maximum absolute atomic E-state index is 11.7. The van der Waals surface area contributed by atoms with Crippen molar-refractivity contribution in [2.24, 2.45) is 0 Å². The van der Waals surface area contributed by atoms with E-state index in [1.54, 1.807) is 0 Å². The minimum Gasteiger partial charge on any atom is -0.481 e. The Morgan fingerprint density at radius 3 is 2.68 bits per heavy atom. The van der Waals surface area contributed by atoms with Crippen LogP contribution in [0.4, 0.5) is 5.69 Å². The molecule has 0 heterocycles. The van der Waals surface area contributed by atoms with Gasteiger partial charge in [0.05, 0.1) is 6.61 Å². The van der Waals surface area contributed by atoms with Gasteiger partial charge in [0.25, 0.3) is 0 Å². The van der Waals surface area contributed by atoms with E-state index in [2.05, 4.69) is 5.32 Å². The van der Waals surface area contributed by atoms with Gasteiger partial charge >= 0.3 is 5.97 Å². The zero-order valence-corrected chi connectivity index (χ0v) is 11.0. The van der Waals surface area contributed by atoms with E-state index in [1.807, 2.05) is 31.2 Å². The monoisotopic (exact) mass is 265 g/mol. The SMILES string of the molecule is CCOCc1ccccc1NC(=O)CCCC(=O)O. The van der Waals surface area contributed by atoms with E-state index in [4.69, 9.17) is 9.84 Å². The number of hydrogen-bond donors (Lipinski definition) is 2. The number of para-hydroxylation sites is 1. The quantitative estimate of drug-likeness (QED) is 0.757. The minimum atomic E-state index is -0.885. The molecule has 0 unspecified atom stereocenters. The van der Waals surface area contributed by atoms with Crippen molar-refractivity contribution in [1.82, 2.24) is 0 Å². The molecule has 1 aromatic rings. The molecule has 0 aromatic heterocycles. The Kier molecular flexibility index (Phi) is 6.60. The fourth-order valence-corrected chi connectivity index (χ4v) is 1.59. The molecule has 0 bridgehead atoms. The fourth-order valence-electron chi connectivity index (χ4n) is 1.59. The van der Waals surface area contributed by atoms with E-state index in [0.717, 1.165) is 11.3 Å². The highest BCUT2D eigenvalue weighted by Gasteiger charge is 2.07. The summed E-state index contributed by atoms with van der Waals surface area (Å²) in [6, 6.07) is 7.42. The summed E-state index contributed by atoms with van der Waals surface area (Å²) in [4.78, 5) is 22.0. The zero-order valence-electron chi connectivity index (χ0n) is 11.0. The lowest BCUT2D eigenvalue weighted by Crippen LogP contribution is -2.13. The summed E-state index contributed by atoms with van der Waals surface area (Å²) in [6.45, 7) is 2.97. The summed E-state index contributed by atoms with van der Waals surface area (Å²) in [5, 5.41) is 11.3. The third kappa shape index (κ3) is 6.01. The molecular formula is C14H19NO4. The van der Waals surface area contributed by atoms with E-state index in [-0.39, 0.29) is 18.7 Å². The van der Waals surface area contributed by atoms with Crippen LogP contribution in [-0.2, 0) is 20.9 Å². The number of rotatable bonds is 8. The highest BCUT2D eigenvalue weighted by molar-refractivity contribution is 5.91. The van der Waals surface area contributed by atoms with Crippen molar-refractivity contribution in [2.45, 2.75) is 32.8 Å². The van der Waals surface area contributed by atoms with Crippen LogP contribution in [0.3, 0.4) is 0 Å². The number of carbonyl (C=O) groups is 2. The molecule has 0 atom stereocenters. The predicted octanol–water partition coefficient (Wildman–Crippen LogP) is 2.42. The third-order valence-electron chi connectivity index (χ3n) is 2.55. The lowest BCUT2D eigenvalue weighted by molar-refractivity contribution is -0.137. The van der Waals surface area contributed by atoms with Crippen LogP contribution in [0, 0.1) is 0 Å². The molecular weight excluding hydrogens is 246 g/mol. The topological polar surface area (TPSA) is 75.6 Å². The smallest absolute Gasteiger partial charge is 0.303 e. The Hall–Kier alpha value is -1.88. The average molecular weight is 265 g/mol. The van der Waals surface area contributed by atoms with Crippen LogP contribution in [-0.4, -0.2) is 23.6 Å². The second-order valence-electron chi connectivity index (χ2n) is 4.09. The number of anilines is 1. The molecule has 5 heteroatoms. The number of benzene rings is 1. The van der Waals surface area contributed by atoms with Crippen LogP contribution in [0.1, 0.15) is 31.7 Å². The van der Waals surface area contributed by atoms with Crippen molar-refractivity contribution in [3.8, 4) is 0 Å². The largest absolute Gasteiger partial charge is 0.481 e. The van der Waals surface area contributed by atoms with Gasteiger partial charge in [0.1, 0.15) is 0 Å². The number of ether oxygens (including phenoxy) is 1. The number of aliphatic carboxylic acids is 1. The molecule has 0 aliphatic heterocycles. The first-order valence-electron chi connectivity index (χ1n) is 6.30. The molecule has 1 aromatic carbocycles. The Balaban J connectivity index is 2.51. The average Bonchev–Trinajstić information content (AvgIpc) is 2.37. The van der Waals surface area contributed by atoms with Crippen molar-refractivity contribution in [3.63, 3.8) is 0 Å². The molecule has 0 fully saturated rings. The lowest BCUT2D eigenvalue weighted by atomic mass is 10.1. The molecule has 1 amide bonds. The summed E-state index contributed by atoms with van der Waals surface area (Å²) >= 11 is 0. The Bertz CT molecular complexity index is 431. The van der Waals surface area contributed by atoms with Gasteiger partial charge in [-0.15, -0.1) is 0 Å². The molecule has 0 aliphatic rings. The Morgan fingerprint density at radius 1 is 1.26 bits per heavy atom. The van der Waals surface area contributed by atoms with Gasteiger partial charge in [-0.3, -0.25) is 9.59 Å². The summed E-state index contributed by atoms with van der Waals surface area (Å²) in [5.74, 6) is -1.06. The molecule has 0 radical (unpaired) electrons. The van der Waals surface area contributed by atoms with Gasteiger partial charge in [-0.05, 0) is 19.4 Å². The van der Waals surface area contributed by atoms with Gasteiger partial charge in [0.2, 0.25) is 5.91 Å². The summed E-state index contributed by atoms with van der Waals surface area (Å²) in [6.07, 6.45) is 0.554. The maximum Gasteiger partial charge on any atom is 0.303 e. The first-order chi connectivity index (χ1) is 9.13. The van der Waals surface area contributed by atoms with E-state index >= 15 is 0 Å². The molecule has 1 rings (SSSR count). The van der Waals surface area contributed by atoms with Gasteiger partial charge < -0.3 is 15.2 Å². The number of nitrogens with one attached hydrogen (secondary N) is 1. The minimum absolute atomic E-state index is 0.00795. The highest BCUT2D eigenvalue weighted by Crippen LogP contribution is 2.16. The molecule has 104 valence electrons. The molecule has 2 N–H and O–H groups in total. The van der Waals surface area contributed by atoms with Crippen molar-refractivity contribution in [3.05, 3.63) is 29.8 Å². The third-order valence-corrected chi connectivity index (χ3v) is 2.55.